The molecule has 8 heteroatoms. The Balaban J connectivity index is 1.42. The molecule has 0 radical (unpaired) electrons. The van der Waals surface area contributed by atoms with Crippen LogP contribution in [0.3, 0.4) is 0 Å². The van der Waals surface area contributed by atoms with E-state index in [4.69, 9.17) is 13.9 Å². The second-order valence-corrected chi connectivity index (χ2v) is 8.00. The third-order valence-electron chi connectivity index (χ3n) is 5.62. The van der Waals surface area contributed by atoms with E-state index in [2.05, 4.69) is 0 Å². The van der Waals surface area contributed by atoms with Crippen LogP contribution in [-0.2, 0) is 6.42 Å². The Morgan fingerprint density at radius 3 is 2.43 bits per heavy atom. The van der Waals surface area contributed by atoms with Crippen LogP contribution in [0.4, 0.5) is 0 Å². The van der Waals surface area contributed by atoms with Gasteiger partial charge in [0.25, 0.3) is 0 Å². The van der Waals surface area contributed by atoms with Gasteiger partial charge in [-0.2, -0.15) is 0 Å². The second kappa shape index (κ2) is 9.89. The van der Waals surface area contributed by atoms with Gasteiger partial charge in [0.1, 0.15) is 22.7 Å². The van der Waals surface area contributed by atoms with Crippen molar-refractivity contribution in [3.63, 3.8) is 0 Å². The number of ether oxygens (including phenoxy) is 2. The minimum Gasteiger partial charge on any atom is -0.872 e. The maximum Gasteiger partial charge on any atom is 0.200 e. The number of hydrogen-bond acceptors (Lipinski definition) is 8. The number of fused-ring (bicyclic) bond motifs is 2. The average molecular weight is 474 g/mol. The van der Waals surface area contributed by atoms with Crippen LogP contribution in [0.25, 0.3) is 21.9 Å². The minimum absolute atomic E-state index is 0.0985. The van der Waals surface area contributed by atoms with E-state index in [1.807, 2.05) is 6.92 Å². The van der Waals surface area contributed by atoms with Gasteiger partial charge in [0, 0.05) is 18.1 Å². The predicted octanol–water partition coefficient (Wildman–Crippen LogP) is 3.00. The molecule has 0 unspecified atom stereocenters. The summed E-state index contributed by atoms with van der Waals surface area (Å²) in [5.74, 6) is -1.04. The Kier molecular flexibility index (Phi) is 6.73. The molecule has 0 bridgehead atoms. The molecule has 0 saturated carbocycles. The molecule has 3 aromatic carbocycles. The summed E-state index contributed by atoms with van der Waals surface area (Å²) in [5.41, 5.74) is 1.09. The van der Waals surface area contributed by atoms with Gasteiger partial charge in [0.2, 0.25) is 5.43 Å². The number of carboxylic acid groups (broad SMARTS) is 1. The summed E-state index contributed by atoms with van der Waals surface area (Å²) in [5, 5.41) is 23.6. The number of aromatic carboxylic acids is 1. The highest BCUT2D eigenvalue weighted by molar-refractivity contribution is 5.97. The van der Waals surface area contributed by atoms with Crippen molar-refractivity contribution in [2.24, 2.45) is 0 Å². The fourth-order valence-corrected chi connectivity index (χ4v) is 3.77. The number of aryl methyl sites for hydroxylation is 1. The van der Waals surface area contributed by atoms with Crippen LogP contribution >= 0.6 is 0 Å². The Morgan fingerprint density at radius 1 is 0.943 bits per heavy atom. The lowest BCUT2D eigenvalue weighted by Crippen LogP contribution is -2.22. The molecule has 0 spiro atoms. The molecule has 4 aromatic rings. The molecule has 0 aliphatic heterocycles. The molecule has 0 N–H and O–H groups in total. The first-order valence-electron chi connectivity index (χ1n) is 11.1. The van der Waals surface area contributed by atoms with Crippen LogP contribution in [0.1, 0.15) is 46.5 Å². The van der Waals surface area contributed by atoms with E-state index in [9.17, 15) is 24.6 Å². The van der Waals surface area contributed by atoms with Crippen molar-refractivity contribution >= 4 is 33.7 Å². The lowest BCUT2D eigenvalue weighted by atomic mass is 10.0. The number of carbonyl (C=O) groups excluding carboxylic acids is 2. The summed E-state index contributed by atoms with van der Waals surface area (Å²) in [6.07, 6.45) is 1.15. The zero-order chi connectivity index (χ0) is 25.1. The number of carboxylic acids is 1. The Labute approximate surface area is 200 Å². The maximum atomic E-state index is 12.8. The Morgan fingerprint density at radius 2 is 1.71 bits per heavy atom. The number of rotatable bonds is 9. The molecule has 180 valence electrons. The minimum atomic E-state index is -1.37. The maximum absolute atomic E-state index is 12.8. The normalized spacial score (nSPS) is 11.0. The van der Waals surface area contributed by atoms with Gasteiger partial charge in [-0.25, -0.2) is 0 Å². The zero-order valence-electron chi connectivity index (χ0n) is 19.2. The first kappa shape index (κ1) is 23.8. The number of carbonyl (C=O) groups is 2. The van der Waals surface area contributed by atoms with Gasteiger partial charge in [-0.3, -0.25) is 9.59 Å². The molecule has 0 atom stereocenters. The first-order valence-corrected chi connectivity index (χ1v) is 11.1. The van der Waals surface area contributed by atoms with Crippen molar-refractivity contribution in [1.82, 2.24) is 0 Å². The molecule has 4 rings (SSSR count). The molecule has 1 aromatic heterocycles. The standard InChI is InChI=1S/C27H24O8/c1-3-16-11-20(15(2)28)22(29)14-24(16)34-10-4-9-33-18-6-7-19-25(13-18)35-23-8-5-17(27(31)32)12-21(23)26(19)30/h5-8,11-14,29H,3-4,9-10H2,1-2H3,(H,31,32)/p-2. The van der Waals surface area contributed by atoms with Gasteiger partial charge in [0.05, 0.1) is 30.0 Å². The smallest absolute Gasteiger partial charge is 0.200 e. The first-order chi connectivity index (χ1) is 16.8. The summed E-state index contributed by atoms with van der Waals surface area (Å²) < 4.78 is 17.3. The number of ketones is 1. The quantitative estimate of drug-likeness (QED) is 0.206. The molecule has 35 heavy (non-hydrogen) atoms. The zero-order valence-corrected chi connectivity index (χ0v) is 19.2. The molecule has 1 heterocycles. The number of hydrogen-bond donors (Lipinski definition) is 0. The van der Waals surface area contributed by atoms with Crippen molar-refractivity contribution in [2.75, 3.05) is 13.2 Å². The lowest BCUT2D eigenvalue weighted by Gasteiger charge is -2.18. The Hall–Kier alpha value is -4.33. The van der Waals surface area contributed by atoms with E-state index in [1.165, 1.54) is 31.2 Å². The molecular weight excluding hydrogens is 452 g/mol. The van der Waals surface area contributed by atoms with E-state index in [-0.39, 0.29) is 39.1 Å². The second-order valence-electron chi connectivity index (χ2n) is 8.00. The highest BCUT2D eigenvalue weighted by atomic mass is 16.5. The molecule has 0 amide bonds. The summed E-state index contributed by atoms with van der Waals surface area (Å²) >= 11 is 0. The van der Waals surface area contributed by atoms with Crippen molar-refractivity contribution in [2.45, 2.75) is 26.7 Å². The van der Waals surface area contributed by atoms with E-state index in [1.54, 1.807) is 24.3 Å². The van der Waals surface area contributed by atoms with Crippen LogP contribution in [0, 0.1) is 0 Å². The average Bonchev–Trinajstić information content (AvgIpc) is 2.83. The van der Waals surface area contributed by atoms with Crippen LogP contribution in [-0.4, -0.2) is 25.0 Å². The summed E-state index contributed by atoms with van der Waals surface area (Å²) in [4.78, 5) is 35.4. The Bertz CT molecular complexity index is 1500. The summed E-state index contributed by atoms with van der Waals surface area (Å²) in [7, 11) is 0. The molecule has 0 aliphatic rings. The van der Waals surface area contributed by atoms with Crippen LogP contribution < -0.4 is 25.1 Å². The van der Waals surface area contributed by atoms with E-state index < -0.39 is 5.97 Å². The van der Waals surface area contributed by atoms with Gasteiger partial charge in [0.15, 0.2) is 5.78 Å². The van der Waals surface area contributed by atoms with E-state index >= 15 is 0 Å². The van der Waals surface area contributed by atoms with Gasteiger partial charge in [-0.15, -0.1) is 0 Å². The number of benzene rings is 3. The topological polar surface area (TPSA) is 129 Å². The molecule has 8 nitrogen and oxygen atoms in total. The van der Waals surface area contributed by atoms with Crippen LogP contribution in [0.15, 0.2) is 57.7 Å². The van der Waals surface area contributed by atoms with Crippen molar-refractivity contribution < 1.29 is 33.7 Å². The third kappa shape index (κ3) is 4.96. The van der Waals surface area contributed by atoms with E-state index in [0.29, 0.717) is 48.5 Å². The summed E-state index contributed by atoms with van der Waals surface area (Å²) in [6.45, 7) is 3.90. The van der Waals surface area contributed by atoms with Gasteiger partial charge in [-0.05, 0) is 66.9 Å². The van der Waals surface area contributed by atoms with Crippen molar-refractivity contribution in [3.8, 4) is 17.2 Å². The monoisotopic (exact) mass is 474 g/mol. The van der Waals surface area contributed by atoms with Crippen molar-refractivity contribution in [3.05, 3.63) is 75.4 Å². The molecular formula is C27H22O8-2. The fraction of sp³-hybridized carbons (Fsp3) is 0.222. The van der Waals surface area contributed by atoms with Gasteiger partial charge < -0.3 is 28.9 Å². The van der Waals surface area contributed by atoms with Gasteiger partial charge >= 0.3 is 0 Å². The third-order valence-corrected chi connectivity index (χ3v) is 5.62. The van der Waals surface area contributed by atoms with Crippen LogP contribution in [0.2, 0.25) is 0 Å². The molecule has 0 saturated heterocycles. The largest absolute Gasteiger partial charge is 0.872 e. The SMILES string of the molecule is CCc1cc(C(C)=O)c([O-])cc1OCCCOc1ccc2c(=O)c3cc(C(=O)[O-])ccc3oc2c1. The predicted molar refractivity (Wildman–Crippen MR) is 125 cm³/mol. The van der Waals surface area contributed by atoms with Gasteiger partial charge in [-0.1, -0.05) is 12.7 Å². The highest BCUT2D eigenvalue weighted by Crippen LogP contribution is 2.28. The lowest BCUT2D eigenvalue weighted by molar-refractivity contribution is -0.268. The fourth-order valence-electron chi connectivity index (χ4n) is 3.77. The molecule has 0 aliphatic carbocycles. The number of Topliss-reactive ketones (excluding diaryl/α,β-unsaturated/α-hetero) is 1. The van der Waals surface area contributed by atoms with Crippen molar-refractivity contribution in [1.29, 1.82) is 0 Å². The van der Waals surface area contributed by atoms with E-state index in [0.717, 1.165) is 5.56 Å². The molecule has 0 fully saturated rings. The highest BCUT2D eigenvalue weighted by Gasteiger charge is 2.11. The summed E-state index contributed by atoms with van der Waals surface area (Å²) in [6, 6.07) is 11.7. The van der Waals surface area contributed by atoms with Crippen LogP contribution in [0.5, 0.6) is 17.2 Å².